The van der Waals surface area contributed by atoms with Gasteiger partial charge in [-0.25, -0.2) is 0 Å². The number of hydrogen-bond acceptors (Lipinski definition) is 2. The summed E-state index contributed by atoms with van der Waals surface area (Å²) in [6.07, 6.45) is 3.97. The molecule has 0 aliphatic carbocycles. The molecule has 0 saturated carbocycles. The van der Waals surface area contributed by atoms with E-state index in [1.165, 1.54) is 5.56 Å². The summed E-state index contributed by atoms with van der Waals surface area (Å²) in [5.74, 6) is 0.138. The molecule has 4 heteroatoms. The zero-order valence-electron chi connectivity index (χ0n) is 11.4. The van der Waals surface area contributed by atoms with E-state index >= 15 is 0 Å². The highest BCUT2D eigenvalue weighted by molar-refractivity contribution is 5.76. The van der Waals surface area contributed by atoms with Crippen molar-refractivity contribution in [3.05, 3.63) is 24.0 Å². The van der Waals surface area contributed by atoms with Crippen molar-refractivity contribution >= 4 is 5.91 Å². The summed E-state index contributed by atoms with van der Waals surface area (Å²) in [6.45, 7) is 6.54. The number of hydrogen-bond donors (Lipinski definition) is 1. The molecule has 1 rings (SSSR count). The Morgan fingerprint density at radius 2 is 2.12 bits per heavy atom. The van der Waals surface area contributed by atoms with Crippen molar-refractivity contribution in [1.82, 2.24) is 14.8 Å². The monoisotopic (exact) mass is 237 g/mol. The van der Waals surface area contributed by atoms with Crippen LogP contribution in [0.3, 0.4) is 0 Å². The SMILES string of the molecule is CNC(C)c1ccn(CC(=O)N(C)C(C)C)c1. The molecule has 1 aromatic rings. The summed E-state index contributed by atoms with van der Waals surface area (Å²) >= 11 is 0. The van der Waals surface area contributed by atoms with Crippen LogP contribution in [0.2, 0.25) is 0 Å². The summed E-state index contributed by atoms with van der Waals surface area (Å²) < 4.78 is 1.93. The van der Waals surface area contributed by atoms with Crippen LogP contribution in [0.15, 0.2) is 18.5 Å². The maximum atomic E-state index is 11.9. The molecule has 0 aliphatic heterocycles. The van der Waals surface area contributed by atoms with Gasteiger partial charge >= 0.3 is 0 Å². The maximum Gasteiger partial charge on any atom is 0.242 e. The lowest BCUT2D eigenvalue weighted by Gasteiger charge is -2.21. The fourth-order valence-corrected chi connectivity index (χ4v) is 1.54. The summed E-state index contributed by atoms with van der Waals surface area (Å²) in [5.41, 5.74) is 1.20. The van der Waals surface area contributed by atoms with Gasteiger partial charge in [-0.3, -0.25) is 4.79 Å². The van der Waals surface area contributed by atoms with E-state index in [4.69, 9.17) is 0 Å². The first-order valence-corrected chi connectivity index (χ1v) is 6.04. The smallest absolute Gasteiger partial charge is 0.242 e. The molecular formula is C13H23N3O. The van der Waals surface area contributed by atoms with E-state index in [2.05, 4.69) is 12.2 Å². The molecule has 1 N–H and O–H groups in total. The van der Waals surface area contributed by atoms with Crippen LogP contribution in [0.25, 0.3) is 0 Å². The second kappa shape index (κ2) is 5.87. The highest BCUT2D eigenvalue weighted by Gasteiger charge is 2.12. The van der Waals surface area contributed by atoms with Crippen molar-refractivity contribution in [2.45, 2.75) is 39.4 Å². The van der Waals surface area contributed by atoms with Gasteiger partial charge in [-0.1, -0.05) is 0 Å². The standard InChI is InChI=1S/C13H23N3O/c1-10(2)15(5)13(17)9-16-7-6-12(8-16)11(3)14-4/h6-8,10-11,14H,9H2,1-5H3. The van der Waals surface area contributed by atoms with E-state index in [-0.39, 0.29) is 11.9 Å². The number of nitrogens with one attached hydrogen (secondary N) is 1. The minimum Gasteiger partial charge on any atom is -0.345 e. The van der Waals surface area contributed by atoms with E-state index in [1.54, 1.807) is 4.90 Å². The van der Waals surface area contributed by atoms with E-state index in [0.717, 1.165) is 0 Å². The van der Waals surface area contributed by atoms with Gasteiger partial charge in [0.2, 0.25) is 5.91 Å². The van der Waals surface area contributed by atoms with Gasteiger partial charge in [0.05, 0.1) is 0 Å². The van der Waals surface area contributed by atoms with Gasteiger partial charge in [0.1, 0.15) is 6.54 Å². The third-order valence-electron chi connectivity index (χ3n) is 3.19. The van der Waals surface area contributed by atoms with E-state index in [0.29, 0.717) is 12.6 Å². The molecule has 1 amide bonds. The largest absolute Gasteiger partial charge is 0.345 e. The molecule has 96 valence electrons. The first-order valence-electron chi connectivity index (χ1n) is 6.04. The second-order valence-electron chi connectivity index (χ2n) is 4.73. The fraction of sp³-hybridized carbons (Fsp3) is 0.615. The van der Waals surface area contributed by atoms with Crippen LogP contribution >= 0.6 is 0 Å². The molecule has 0 bridgehead atoms. The van der Waals surface area contributed by atoms with Gasteiger partial charge in [0, 0.05) is 31.5 Å². The highest BCUT2D eigenvalue weighted by atomic mass is 16.2. The number of carbonyl (C=O) groups excluding carboxylic acids is 1. The molecule has 1 atom stereocenters. The first-order chi connectivity index (χ1) is 7.95. The number of rotatable bonds is 5. The lowest BCUT2D eigenvalue weighted by atomic mass is 10.2. The van der Waals surface area contributed by atoms with Gasteiger partial charge in [-0.15, -0.1) is 0 Å². The summed E-state index contributed by atoms with van der Waals surface area (Å²) in [4.78, 5) is 13.7. The highest BCUT2D eigenvalue weighted by Crippen LogP contribution is 2.12. The Balaban J connectivity index is 2.63. The topological polar surface area (TPSA) is 37.3 Å². The molecule has 1 heterocycles. The minimum absolute atomic E-state index is 0.138. The fourth-order valence-electron chi connectivity index (χ4n) is 1.54. The molecule has 1 unspecified atom stereocenters. The van der Waals surface area contributed by atoms with Crippen molar-refractivity contribution in [2.24, 2.45) is 0 Å². The molecule has 0 fully saturated rings. The normalized spacial score (nSPS) is 12.8. The number of aromatic nitrogens is 1. The molecule has 17 heavy (non-hydrogen) atoms. The van der Waals surface area contributed by atoms with Crippen LogP contribution in [0.1, 0.15) is 32.4 Å². The van der Waals surface area contributed by atoms with Gasteiger partial charge in [-0.05, 0) is 39.4 Å². The molecule has 1 aromatic heterocycles. The molecule has 0 spiro atoms. The van der Waals surface area contributed by atoms with Crippen LogP contribution in [-0.2, 0) is 11.3 Å². The zero-order valence-corrected chi connectivity index (χ0v) is 11.4. The number of carbonyl (C=O) groups is 1. The van der Waals surface area contributed by atoms with Crippen molar-refractivity contribution in [3.63, 3.8) is 0 Å². The molecule has 0 aliphatic rings. The van der Waals surface area contributed by atoms with Crippen LogP contribution in [0, 0.1) is 0 Å². The predicted octanol–water partition coefficient (Wildman–Crippen LogP) is 1.64. The Morgan fingerprint density at radius 3 is 2.65 bits per heavy atom. The van der Waals surface area contributed by atoms with Crippen molar-refractivity contribution in [1.29, 1.82) is 0 Å². The minimum atomic E-state index is 0.138. The lowest BCUT2D eigenvalue weighted by molar-refractivity contribution is -0.131. The third-order valence-corrected chi connectivity index (χ3v) is 3.19. The number of likely N-dealkylation sites (N-methyl/N-ethyl adjacent to an activating group) is 1. The second-order valence-corrected chi connectivity index (χ2v) is 4.73. The quantitative estimate of drug-likeness (QED) is 0.845. The van der Waals surface area contributed by atoms with Crippen LogP contribution in [0.5, 0.6) is 0 Å². The molecule has 0 aromatic carbocycles. The summed E-state index contributed by atoms with van der Waals surface area (Å²) in [6, 6.07) is 2.60. The number of nitrogens with zero attached hydrogens (tertiary/aromatic N) is 2. The Labute approximate surface area is 104 Å². The Morgan fingerprint density at radius 1 is 1.47 bits per heavy atom. The van der Waals surface area contributed by atoms with Crippen LogP contribution < -0.4 is 5.32 Å². The number of amides is 1. The van der Waals surface area contributed by atoms with Crippen molar-refractivity contribution in [2.75, 3.05) is 14.1 Å². The third kappa shape index (κ3) is 3.60. The molecule has 4 nitrogen and oxygen atoms in total. The average molecular weight is 237 g/mol. The van der Waals surface area contributed by atoms with Gasteiger partial charge < -0.3 is 14.8 Å². The Hall–Kier alpha value is -1.29. The molecule has 0 saturated heterocycles. The van der Waals surface area contributed by atoms with Gasteiger partial charge in [0.25, 0.3) is 0 Å². The maximum absolute atomic E-state index is 11.9. The van der Waals surface area contributed by atoms with Gasteiger partial charge in [-0.2, -0.15) is 0 Å². The summed E-state index contributed by atoms with van der Waals surface area (Å²) in [5, 5.41) is 3.18. The average Bonchev–Trinajstić information content (AvgIpc) is 2.75. The van der Waals surface area contributed by atoms with E-state index in [9.17, 15) is 4.79 Å². The Kier molecular flexibility index (Phi) is 4.75. The van der Waals surface area contributed by atoms with E-state index in [1.807, 2.05) is 51.0 Å². The van der Waals surface area contributed by atoms with Crippen LogP contribution in [-0.4, -0.2) is 35.5 Å². The van der Waals surface area contributed by atoms with Gasteiger partial charge in [0.15, 0.2) is 0 Å². The first kappa shape index (κ1) is 13.8. The van der Waals surface area contributed by atoms with Crippen molar-refractivity contribution in [3.8, 4) is 0 Å². The predicted molar refractivity (Wildman–Crippen MR) is 69.8 cm³/mol. The lowest BCUT2D eigenvalue weighted by Crippen LogP contribution is -2.35. The molecule has 0 radical (unpaired) electrons. The molecular weight excluding hydrogens is 214 g/mol. The summed E-state index contributed by atoms with van der Waals surface area (Å²) in [7, 11) is 3.77. The Bertz CT molecular complexity index is 370. The van der Waals surface area contributed by atoms with Crippen LogP contribution in [0.4, 0.5) is 0 Å². The van der Waals surface area contributed by atoms with Crippen molar-refractivity contribution < 1.29 is 4.79 Å². The van der Waals surface area contributed by atoms with E-state index < -0.39 is 0 Å². The zero-order chi connectivity index (χ0) is 13.0.